The number of nitrogens with zero attached hydrogens (tertiary/aromatic N) is 4. The second-order valence-corrected chi connectivity index (χ2v) is 7.50. The predicted octanol–water partition coefficient (Wildman–Crippen LogP) is 2.82. The number of rotatable bonds is 8. The van der Waals surface area contributed by atoms with E-state index in [2.05, 4.69) is 63.3 Å². The van der Waals surface area contributed by atoms with Gasteiger partial charge < -0.3 is 9.64 Å². The highest BCUT2D eigenvalue weighted by atomic mass is 16.5. The monoisotopic (exact) mass is 357 g/mol. The molecule has 6 nitrogen and oxygen atoms in total. The maximum Gasteiger partial charge on any atom is 0.155 e. The van der Waals surface area contributed by atoms with Crippen LogP contribution in [-0.4, -0.2) is 65.3 Å². The second-order valence-electron chi connectivity index (χ2n) is 7.50. The van der Waals surface area contributed by atoms with E-state index in [1.165, 1.54) is 18.4 Å². The molecule has 1 aromatic heterocycles. The first-order valence-electron chi connectivity index (χ1n) is 9.58. The van der Waals surface area contributed by atoms with E-state index >= 15 is 0 Å². The molecule has 1 aliphatic rings. The van der Waals surface area contributed by atoms with Crippen molar-refractivity contribution in [2.24, 2.45) is 0 Å². The lowest BCUT2D eigenvalue weighted by atomic mass is 9.97. The summed E-state index contributed by atoms with van der Waals surface area (Å²) < 4.78 is 5.82. The van der Waals surface area contributed by atoms with Crippen LogP contribution in [0.2, 0.25) is 0 Å². The third-order valence-electron chi connectivity index (χ3n) is 4.83. The smallest absolute Gasteiger partial charge is 0.155 e. The molecule has 1 aliphatic heterocycles. The Hall–Kier alpha value is -1.92. The Kier molecular flexibility index (Phi) is 6.63. The summed E-state index contributed by atoms with van der Waals surface area (Å²) in [4.78, 5) is 9.21. The SMILES string of the molecule is Cc1nc(C2CCCN(Cc3ccc(OCCCN(C)C)cc3)C2)n[nH]1. The Morgan fingerprint density at radius 2 is 2.08 bits per heavy atom. The molecule has 0 radical (unpaired) electrons. The summed E-state index contributed by atoms with van der Waals surface area (Å²) in [5.41, 5.74) is 1.33. The minimum Gasteiger partial charge on any atom is -0.494 e. The van der Waals surface area contributed by atoms with E-state index in [0.29, 0.717) is 5.92 Å². The molecule has 1 fully saturated rings. The van der Waals surface area contributed by atoms with Gasteiger partial charge in [-0.3, -0.25) is 10.00 Å². The van der Waals surface area contributed by atoms with Gasteiger partial charge in [-0.05, 0) is 64.5 Å². The van der Waals surface area contributed by atoms with Gasteiger partial charge in [0.2, 0.25) is 0 Å². The number of ether oxygens (including phenoxy) is 1. The van der Waals surface area contributed by atoms with E-state index in [1.807, 2.05) is 6.92 Å². The number of aromatic nitrogens is 3. The zero-order chi connectivity index (χ0) is 18.4. The molecule has 0 bridgehead atoms. The first-order valence-corrected chi connectivity index (χ1v) is 9.58. The molecule has 142 valence electrons. The molecule has 1 atom stereocenters. The number of nitrogens with one attached hydrogen (secondary N) is 1. The van der Waals surface area contributed by atoms with Crippen molar-refractivity contribution < 1.29 is 4.74 Å². The van der Waals surface area contributed by atoms with E-state index in [4.69, 9.17) is 4.74 Å². The molecule has 6 heteroatoms. The van der Waals surface area contributed by atoms with Crippen molar-refractivity contribution in [1.29, 1.82) is 0 Å². The maximum atomic E-state index is 5.82. The van der Waals surface area contributed by atoms with Crippen molar-refractivity contribution in [3.8, 4) is 5.75 Å². The van der Waals surface area contributed by atoms with Crippen molar-refractivity contribution in [1.82, 2.24) is 25.0 Å². The van der Waals surface area contributed by atoms with Gasteiger partial charge in [-0.15, -0.1) is 0 Å². The first-order chi connectivity index (χ1) is 12.6. The number of hydrogen-bond donors (Lipinski definition) is 1. The highest BCUT2D eigenvalue weighted by Gasteiger charge is 2.24. The second kappa shape index (κ2) is 9.14. The molecule has 0 amide bonds. The average molecular weight is 358 g/mol. The third kappa shape index (κ3) is 5.54. The lowest BCUT2D eigenvalue weighted by Crippen LogP contribution is -2.34. The van der Waals surface area contributed by atoms with Gasteiger partial charge in [0.25, 0.3) is 0 Å². The van der Waals surface area contributed by atoms with Crippen molar-refractivity contribution >= 4 is 0 Å². The minimum atomic E-state index is 0.438. The van der Waals surface area contributed by atoms with Crippen LogP contribution in [0.25, 0.3) is 0 Å². The minimum absolute atomic E-state index is 0.438. The molecule has 0 aliphatic carbocycles. The van der Waals surface area contributed by atoms with Gasteiger partial charge >= 0.3 is 0 Å². The normalized spacial score (nSPS) is 18.4. The number of hydrogen-bond acceptors (Lipinski definition) is 5. The van der Waals surface area contributed by atoms with Crippen LogP contribution in [0.3, 0.4) is 0 Å². The van der Waals surface area contributed by atoms with E-state index < -0.39 is 0 Å². The molecule has 3 rings (SSSR count). The summed E-state index contributed by atoms with van der Waals surface area (Å²) in [5, 5.41) is 7.32. The van der Waals surface area contributed by atoms with Gasteiger partial charge in [0.15, 0.2) is 5.82 Å². The van der Waals surface area contributed by atoms with Crippen LogP contribution < -0.4 is 4.74 Å². The van der Waals surface area contributed by atoms with Crippen molar-refractivity contribution in [2.75, 3.05) is 40.3 Å². The topological polar surface area (TPSA) is 57.3 Å². The van der Waals surface area contributed by atoms with E-state index in [9.17, 15) is 0 Å². The molecule has 1 saturated heterocycles. The fourth-order valence-corrected chi connectivity index (χ4v) is 3.47. The number of aryl methyl sites for hydroxylation is 1. The highest BCUT2D eigenvalue weighted by molar-refractivity contribution is 5.27. The largest absolute Gasteiger partial charge is 0.494 e. The van der Waals surface area contributed by atoms with Crippen molar-refractivity contribution in [3.05, 3.63) is 41.5 Å². The van der Waals surface area contributed by atoms with E-state index in [0.717, 1.165) is 56.6 Å². The van der Waals surface area contributed by atoms with Gasteiger partial charge in [-0.2, -0.15) is 5.10 Å². The van der Waals surface area contributed by atoms with Crippen molar-refractivity contribution in [3.63, 3.8) is 0 Å². The molecular formula is C20H31N5O. The molecule has 1 unspecified atom stereocenters. The molecule has 2 aromatic rings. The Morgan fingerprint density at radius 1 is 1.27 bits per heavy atom. The quantitative estimate of drug-likeness (QED) is 0.736. The molecule has 1 N–H and O–H groups in total. The van der Waals surface area contributed by atoms with Gasteiger partial charge in [0, 0.05) is 25.6 Å². The number of H-pyrrole nitrogens is 1. The van der Waals surface area contributed by atoms with Crippen LogP contribution in [0, 0.1) is 6.92 Å². The fraction of sp³-hybridized carbons (Fsp3) is 0.600. The van der Waals surface area contributed by atoms with Crippen LogP contribution in [-0.2, 0) is 6.54 Å². The van der Waals surface area contributed by atoms with Crippen LogP contribution in [0.4, 0.5) is 0 Å². The van der Waals surface area contributed by atoms with Gasteiger partial charge in [0.05, 0.1) is 6.61 Å². The van der Waals surface area contributed by atoms with Gasteiger partial charge in [-0.25, -0.2) is 4.98 Å². The Labute approximate surface area is 156 Å². The summed E-state index contributed by atoms with van der Waals surface area (Å²) in [6.45, 7) is 6.92. The summed E-state index contributed by atoms with van der Waals surface area (Å²) in [5.74, 6) is 3.26. The molecule has 0 spiro atoms. The number of aromatic amines is 1. The Bertz CT molecular complexity index is 667. The number of piperidine rings is 1. The standard InChI is InChI=1S/C20H31N5O/c1-16-21-20(23-22-16)18-6-4-12-25(15-18)14-17-7-9-19(10-8-17)26-13-5-11-24(2)3/h7-10,18H,4-6,11-15H2,1-3H3,(H,21,22,23). The highest BCUT2D eigenvalue weighted by Crippen LogP contribution is 2.25. The molecule has 26 heavy (non-hydrogen) atoms. The number of likely N-dealkylation sites (tertiary alicyclic amines) is 1. The summed E-state index contributed by atoms with van der Waals surface area (Å²) in [6, 6.07) is 8.54. The lowest BCUT2D eigenvalue weighted by Gasteiger charge is -2.31. The zero-order valence-corrected chi connectivity index (χ0v) is 16.2. The molecule has 0 saturated carbocycles. The van der Waals surface area contributed by atoms with Crippen LogP contribution >= 0.6 is 0 Å². The van der Waals surface area contributed by atoms with Crippen LogP contribution in [0.1, 0.15) is 42.4 Å². The van der Waals surface area contributed by atoms with E-state index in [1.54, 1.807) is 0 Å². The fourth-order valence-electron chi connectivity index (χ4n) is 3.47. The maximum absolute atomic E-state index is 5.82. The van der Waals surface area contributed by atoms with Crippen LogP contribution in [0.5, 0.6) is 5.75 Å². The summed E-state index contributed by atoms with van der Waals surface area (Å²) in [7, 11) is 4.17. The first kappa shape index (κ1) is 18.9. The average Bonchev–Trinajstić information content (AvgIpc) is 3.07. The lowest BCUT2D eigenvalue weighted by molar-refractivity contribution is 0.196. The Balaban J connectivity index is 1.47. The zero-order valence-electron chi connectivity index (χ0n) is 16.2. The van der Waals surface area contributed by atoms with Crippen molar-refractivity contribution in [2.45, 2.75) is 38.6 Å². The number of benzene rings is 1. The summed E-state index contributed by atoms with van der Waals surface area (Å²) in [6.07, 6.45) is 3.42. The van der Waals surface area contributed by atoms with Gasteiger partial charge in [0.1, 0.15) is 11.6 Å². The Morgan fingerprint density at radius 3 is 2.77 bits per heavy atom. The molecular weight excluding hydrogens is 326 g/mol. The predicted molar refractivity (Wildman–Crippen MR) is 103 cm³/mol. The van der Waals surface area contributed by atoms with Gasteiger partial charge in [-0.1, -0.05) is 12.1 Å². The summed E-state index contributed by atoms with van der Waals surface area (Å²) >= 11 is 0. The third-order valence-corrected chi connectivity index (χ3v) is 4.83. The molecule has 2 heterocycles. The van der Waals surface area contributed by atoms with Crippen LogP contribution in [0.15, 0.2) is 24.3 Å². The molecule has 1 aromatic carbocycles. The van der Waals surface area contributed by atoms with E-state index in [-0.39, 0.29) is 0 Å².